The van der Waals surface area contributed by atoms with Crippen LogP contribution in [0.3, 0.4) is 0 Å². The van der Waals surface area contributed by atoms with Gasteiger partial charge in [-0.05, 0) is 171 Å². The summed E-state index contributed by atoms with van der Waals surface area (Å²) in [5, 5.41) is 2.80. The van der Waals surface area contributed by atoms with Gasteiger partial charge in [0.2, 0.25) is 0 Å². The van der Waals surface area contributed by atoms with E-state index in [2.05, 4.69) is 26.1 Å². The zero-order chi connectivity index (χ0) is 34.1. The molecule has 0 bridgehead atoms. The van der Waals surface area contributed by atoms with Crippen LogP contribution in [0.15, 0.2) is 0 Å². The molecule has 4 aliphatic rings. The van der Waals surface area contributed by atoms with Crippen LogP contribution in [0.25, 0.3) is 0 Å². The van der Waals surface area contributed by atoms with Gasteiger partial charge in [-0.2, -0.15) is 11.8 Å². The predicted molar refractivity (Wildman–Crippen MR) is 185 cm³/mol. The minimum Gasteiger partial charge on any atom is -0.461 e. The Morgan fingerprint density at radius 1 is 0.870 bits per heavy atom. The van der Waals surface area contributed by atoms with Crippen LogP contribution in [0, 0.1) is 46.3 Å². The van der Waals surface area contributed by atoms with Crippen molar-refractivity contribution in [2.75, 3.05) is 12.0 Å². The molecule has 1 amide bonds. The zero-order valence-electron chi connectivity index (χ0n) is 30.7. The number of hydrogen-bond donors (Lipinski definition) is 1. The van der Waals surface area contributed by atoms with Gasteiger partial charge in [-0.1, -0.05) is 20.8 Å². The minimum absolute atomic E-state index is 0.0568. The average Bonchev–Trinajstić information content (AvgIpc) is 3.18. The number of alkyl carbamates (subject to hydrolysis) is 1. The number of rotatable bonds is 9. The van der Waals surface area contributed by atoms with E-state index in [-0.39, 0.29) is 23.5 Å². The molecule has 4 saturated carbocycles. The van der Waals surface area contributed by atoms with Crippen LogP contribution in [0.5, 0.6) is 0 Å². The topological polar surface area (TPSA) is 90.9 Å². The Kier molecular flexibility index (Phi) is 11.8. The molecule has 0 spiro atoms. The lowest BCUT2D eigenvalue weighted by Crippen LogP contribution is -2.52. The van der Waals surface area contributed by atoms with E-state index in [0.29, 0.717) is 41.9 Å². The molecule has 7 nitrogen and oxygen atoms in total. The Hall–Kier alpha value is -1.44. The number of thioether (sulfide) groups is 1. The van der Waals surface area contributed by atoms with E-state index in [1.807, 2.05) is 47.8 Å². The van der Waals surface area contributed by atoms with Gasteiger partial charge in [0.25, 0.3) is 0 Å². The van der Waals surface area contributed by atoms with Crippen LogP contribution >= 0.6 is 11.8 Å². The molecule has 4 rings (SSSR count). The molecule has 46 heavy (non-hydrogen) atoms. The van der Waals surface area contributed by atoms with Gasteiger partial charge in [-0.3, -0.25) is 4.79 Å². The Labute approximate surface area is 284 Å². The van der Waals surface area contributed by atoms with Crippen LogP contribution < -0.4 is 5.32 Å². The number of hydrogen-bond acceptors (Lipinski definition) is 7. The van der Waals surface area contributed by atoms with E-state index < -0.39 is 23.3 Å². The van der Waals surface area contributed by atoms with E-state index in [0.717, 1.165) is 36.9 Å². The second kappa shape index (κ2) is 14.6. The summed E-state index contributed by atoms with van der Waals surface area (Å²) in [6, 6.07) is -0.697. The van der Waals surface area contributed by atoms with E-state index >= 15 is 0 Å². The molecular formula is C38H65NO6S. The van der Waals surface area contributed by atoms with Crippen LogP contribution in [0.1, 0.15) is 139 Å². The summed E-state index contributed by atoms with van der Waals surface area (Å²) in [4.78, 5) is 38.7. The number of ether oxygens (including phenoxy) is 3. The lowest BCUT2D eigenvalue weighted by atomic mass is 9.46. The molecule has 0 radical (unpaired) electrons. The van der Waals surface area contributed by atoms with Crippen molar-refractivity contribution in [3.63, 3.8) is 0 Å². The van der Waals surface area contributed by atoms with E-state index in [1.165, 1.54) is 44.9 Å². The minimum atomic E-state index is -0.697. The molecule has 7 unspecified atom stereocenters. The van der Waals surface area contributed by atoms with Gasteiger partial charge < -0.3 is 19.5 Å². The molecule has 10 atom stereocenters. The molecule has 0 heterocycles. The van der Waals surface area contributed by atoms with E-state index in [4.69, 9.17) is 14.2 Å². The lowest BCUT2D eigenvalue weighted by molar-refractivity contribution is -0.158. The lowest BCUT2D eigenvalue weighted by Gasteiger charge is -2.59. The van der Waals surface area contributed by atoms with Crippen molar-refractivity contribution in [2.45, 2.75) is 163 Å². The van der Waals surface area contributed by atoms with Crippen molar-refractivity contribution >= 4 is 29.8 Å². The first kappa shape index (κ1) is 37.4. The highest BCUT2D eigenvalue weighted by Gasteiger charge is 2.60. The number of carbonyl (C=O) groups is 3. The highest BCUT2D eigenvalue weighted by Crippen LogP contribution is 2.68. The van der Waals surface area contributed by atoms with Crippen molar-refractivity contribution in [2.24, 2.45) is 46.3 Å². The smallest absolute Gasteiger partial charge is 0.408 e. The van der Waals surface area contributed by atoms with Gasteiger partial charge in [-0.15, -0.1) is 0 Å². The van der Waals surface area contributed by atoms with Gasteiger partial charge in [-0.25, -0.2) is 9.59 Å². The summed E-state index contributed by atoms with van der Waals surface area (Å²) in [6.07, 6.45) is 13.9. The first-order valence-electron chi connectivity index (χ1n) is 18.3. The first-order valence-corrected chi connectivity index (χ1v) is 19.7. The second-order valence-corrected chi connectivity index (χ2v) is 18.8. The third kappa shape index (κ3) is 8.77. The number of esters is 2. The average molecular weight is 664 g/mol. The third-order valence-electron chi connectivity index (χ3n) is 12.4. The maximum atomic E-state index is 13.4. The standard InChI is InChI=1S/C38H65NO6S/c1-24(22-32(40)44-35(2,3)4)28-15-16-29-27-14-13-25-23-26(12-11-19-37(25,8)30(27)17-20-38(28,29)9)43-33(41)31(18-21-46-10)39-34(42)45-36(5,6)7/h24-31H,11-23H2,1-10H3,(H,39,42)/t24-,25?,26?,27?,28?,29?,30?,31+,37+,38?/m1/s1. The van der Waals surface area contributed by atoms with Gasteiger partial charge >= 0.3 is 18.0 Å². The molecule has 0 saturated heterocycles. The van der Waals surface area contributed by atoms with Gasteiger partial charge in [0.15, 0.2) is 0 Å². The molecule has 8 heteroatoms. The molecule has 0 aromatic carbocycles. The van der Waals surface area contributed by atoms with Crippen molar-refractivity contribution in [1.29, 1.82) is 0 Å². The Morgan fingerprint density at radius 2 is 1.54 bits per heavy atom. The van der Waals surface area contributed by atoms with Crippen molar-refractivity contribution in [3.8, 4) is 0 Å². The fourth-order valence-electron chi connectivity index (χ4n) is 10.5. The van der Waals surface area contributed by atoms with Gasteiger partial charge in [0, 0.05) is 6.42 Å². The predicted octanol–water partition coefficient (Wildman–Crippen LogP) is 8.96. The monoisotopic (exact) mass is 663 g/mol. The number of fused-ring (bicyclic) bond motifs is 5. The number of amides is 1. The zero-order valence-corrected chi connectivity index (χ0v) is 31.5. The molecular weight excluding hydrogens is 598 g/mol. The summed E-state index contributed by atoms with van der Waals surface area (Å²) >= 11 is 1.65. The van der Waals surface area contributed by atoms with E-state index in [1.54, 1.807) is 11.8 Å². The Morgan fingerprint density at radius 3 is 2.20 bits per heavy atom. The summed E-state index contributed by atoms with van der Waals surface area (Å²) in [5.41, 5.74) is -0.509. The van der Waals surface area contributed by atoms with E-state index in [9.17, 15) is 14.4 Å². The Bertz CT molecular complexity index is 1080. The molecule has 4 aliphatic carbocycles. The molecule has 1 N–H and O–H groups in total. The van der Waals surface area contributed by atoms with Crippen LogP contribution in [0.2, 0.25) is 0 Å². The summed E-state index contributed by atoms with van der Waals surface area (Å²) in [6.45, 7) is 18.7. The molecule has 264 valence electrons. The van der Waals surface area contributed by atoms with Crippen LogP contribution in [-0.4, -0.2) is 53.4 Å². The van der Waals surface area contributed by atoms with Crippen molar-refractivity contribution in [1.82, 2.24) is 5.32 Å². The normalized spacial score (nSPS) is 35.8. The summed E-state index contributed by atoms with van der Waals surface area (Å²) in [7, 11) is 0. The first-order chi connectivity index (χ1) is 21.4. The third-order valence-corrected chi connectivity index (χ3v) is 13.0. The highest BCUT2D eigenvalue weighted by atomic mass is 32.2. The number of carbonyl (C=O) groups excluding carboxylic acids is 3. The second-order valence-electron chi connectivity index (χ2n) is 17.8. The van der Waals surface area contributed by atoms with Crippen LogP contribution in [0.4, 0.5) is 4.79 Å². The molecule has 0 aliphatic heterocycles. The molecule has 0 aromatic heterocycles. The maximum Gasteiger partial charge on any atom is 0.408 e. The Balaban J connectivity index is 1.40. The number of nitrogens with one attached hydrogen (secondary N) is 1. The van der Waals surface area contributed by atoms with Crippen molar-refractivity contribution < 1.29 is 28.6 Å². The van der Waals surface area contributed by atoms with Crippen LogP contribution in [-0.2, 0) is 23.8 Å². The largest absolute Gasteiger partial charge is 0.461 e. The SMILES string of the molecule is CSCC[C@H](NC(=O)OC(C)(C)C)C(=O)OC1CCC[C@@]2(C)C(CCC3C4CCC([C@H](C)CC(=O)OC(C)(C)C)C4(C)CCC32)C1. The highest BCUT2D eigenvalue weighted by molar-refractivity contribution is 7.98. The fourth-order valence-corrected chi connectivity index (χ4v) is 11.0. The molecule has 4 fully saturated rings. The summed E-state index contributed by atoms with van der Waals surface area (Å²) < 4.78 is 17.4. The summed E-state index contributed by atoms with van der Waals surface area (Å²) in [5.74, 6) is 4.01. The van der Waals surface area contributed by atoms with Gasteiger partial charge in [0.1, 0.15) is 23.3 Å². The maximum absolute atomic E-state index is 13.4. The quantitative estimate of drug-likeness (QED) is 0.195. The molecule has 0 aromatic rings. The van der Waals surface area contributed by atoms with Gasteiger partial charge in [0.05, 0.1) is 0 Å². The van der Waals surface area contributed by atoms with Crippen molar-refractivity contribution in [3.05, 3.63) is 0 Å². The fraction of sp³-hybridized carbons (Fsp3) is 0.921.